The van der Waals surface area contributed by atoms with Gasteiger partial charge >= 0.3 is 5.97 Å². The molecular formula is C12H12Cl3NO3. The van der Waals surface area contributed by atoms with Crippen molar-refractivity contribution in [3.05, 3.63) is 32.8 Å². The summed E-state index contributed by atoms with van der Waals surface area (Å²) < 4.78 is 4.99. The molecule has 0 unspecified atom stereocenters. The van der Waals surface area contributed by atoms with Crippen LogP contribution in [0.2, 0.25) is 15.1 Å². The van der Waals surface area contributed by atoms with Crippen molar-refractivity contribution in [2.24, 2.45) is 0 Å². The van der Waals surface area contributed by atoms with Crippen molar-refractivity contribution in [2.75, 3.05) is 6.54 Å². The molecule has 0 bridgehead atoms. The van der Waals surface area contributed by atoms with Gasteiger partial charge in [-0.3, -0.25) is 4.79 Å². The summed E-state index contributed by atoms with van der Waals surface area (Å²) in [5, 5.41) is 2.83. The molecule has 0 saturated heterocycles. The molecule has 1 rings (SSSR count). The largest absolute Gasteiger partial charge is 0.449 e. The third kappa shape index (κ3) is 4.00. The summed E-state index contributed by atoms with van der Waals surface area (Å²) in [6, 6.07) is 2.90. The first-order valence-corrected chi connectivity index (χ1v) is 6.64. The second kappa shape index (κ2) is 6.98. The summed E-state index contributed by atoms with van der Waals surface area (Å²) in [5.41, 5.74) is -0.0491. The number of benzene rings is 1. The van der Waals surface area contributed by atoms with Crippen LogP contribution in [0.25, 0.3) is 0 Å². The molecule has 19 heavy (non-hydrogen) atoms. The van der Waals surface area contributed by atoms with Crippen LogP contribution in [0.15, 0.2) is 12.1 Å². The number of halogens is 3. The second-order valence-electron chi connectivity index (χ2n) is 3.66. The van der Waals surface area contributed by atoms with Gasteiger partial charge in [-0.05, 0) is 26.0 Å². The smallest absolute Gasteiger partial charge is 0.342 e. The van der Waals surface area contributed by atoms with Crippen LogP contribution in [0.3, 0.4) is 0 Å². The van der Waals surface area contributed by atoms with Gasteiger partial charge in [-0.1, -0.05) is 34.8 Å². The van der Waals surface area contributed by atoms with Crippen LogP contribution in [-0.4, -0.2) is 24.5 Å². The SMILES string of the molecule is CCNC(=O)[C@H](C)OC(=O)c1c(Cl)ccc(Cl)c1Cl. The lowest BCUT2D eigenvalue weighted by Gasteiger charge is -2.14. The van der Waals surface area contributed by atoms with Crippen LogP contribution in [0.1, 0.15) is 24.2 Å². The number of nitrogens with one attached hydrogen (secondary N) is 1. The van der Waals surface area contributed by atoms with Gasteiger partial charge < -0.3 is 10.1 Å². The van der Waals surface area contributed by atoms with Crippen LogP contribution >= 0.6 is 34.8 Å². The number of hydrogen-bond donors (Lipinski definition) is 1. The zero-order valence-electron chi connectivity index (χ0n) is 10.3. The molecule has 0 aliphatic heterocycles. The van der Waals surface area contributed by atoms with Gasteiger partial charge in [0.15, 0.2) is 6.10 Å². The fraction of sp³-hybridized carbons (Fsp3) is 0.333. The van der Waals surface area contributed by atoms with Crippen molar-refractivity contribution in [1.82, 2.24) is 5.32 Å². The highest BCUT2D eigenvalue weighted by Crippen LogP contribution is 2.32. The molecule has 1 aromatic carbocycles. The lowest BCUT2D eigenvalue weighted by atomic mass is 10.2. The van der Waals surface area contributed by atoms with Crippen LogP contribution in [0, 0.1) is 0 Å². The summed E-state index contributed by atoms with van der Waals surface area (Å²) in [4.78, 5) is 23.4. The maximum Gasteiger partial charge on any atom is 0.342 e. The molecule has 0 aliphatic rings. The highest BCUT2D eigenvalue weighted by atomic mass is 35.5. The third-order valence-corrected chi connectivity index (χ3v) is 3.37. The Labute approximate surface area is 126 Å². The molecule has 104 valence electrons. The van der Waals surface area contributed by atoms with Gasteiger partial charge in [-0.15, -0.1) is 0 Å². The molecule has 1 aromatic rings. The molecule has 0 saturated carbocycles. The summed E-state index contributed by atoms with van der Waals surface area (Å²) in [6.07, 6.45) is -0.946. The molecule has 0 aromatic heterocycles. The number of carbonyl (C=O) groups excluding carboxylic acids is 2. The molecule has 0 aliphatic carbocycles. The molecule has 0 fully saturated rings. The van der Waals surface area contributed by atoms with Crippen molar-refractivity contribution in [3.63, 3.8) is 0 Å². The topological polar surface area (TPSA) is 55.4 Å². The third-order valence-electron chi connectivity index (χ3n) is 2.25. The van der Waals surface area contributed by atoms with Crippen LogP contribution in [-0.2, 0) is 9.53 Å². The van der Waals surface area contributed by atoms with Crippen LogP contribution < -0.4 is 5.32 Å². The first kappa shape index (κ1) is 16.1. The molecule has 4 nitrogen and oxygen atoms in total. The lowest BCUT2D eigenvalue weighted by molar-refractivity contribution is -0.128. The van der Waals surface area contributed by atoms with Gasteiger partial charge in [-0.2, -0.15) is 0 Å². The van der Waals surface area contributed by atoms with Crippen LogP contribution in [0.5, 0.6) is 0 Å². The average molecular weight is 325 g/mol. The predicted octanol–water partition coefficient (Wildman–Crippen LogP) is 3.33. The van der Waals surface area contributed by atoms with Crippen molar-refractivity contribution >= 4 is 46.7 Å². The number of ether oxygens (including phenoxy) is 1. The summed E-state index contributed by atoms with van der Waals surface area (Å²) >= 11 is 17.6. The van der Waals surface area contributed by atoms with E-state index in [1.54, 1.807) is 6.92 Å². The Hall–Kier alpha value is -0.970. The van der Waals surface area contributed by atoms with Gasteiger partial charge in [0.25, 0.3) is 5.91 Å². The van der Waals surface area contributed by atoms with Gasteiger partial charge in [0, 0.05) is 6.54 Å². The fourth-order valence-electron chi connectivity index (χ4n) is 1.31. The molecular weight excluding hydrogens is 312 g/mol. The Bertz CT molecular complexity index is 505. The quantitative estimate of drug-likeness (QED) is 0.683. The van der Waals surface area contributed by atoms with Crippen LogP contribution in [0.4, 0.5) is 0 Å². The first-order valence-electron chi connectivity index (χ1n) is 5.50. The van der Waals surface area contributed by atoms with E-state index in [2.05, 4.69) is 5.32 Å². The van der Waals surface area contributed by atoms with E-state index in [0.717, 1.165) is 0 Å². The zero-order valence-corrected chi connectivity index (χ0v) is 12.6. The Morgan fingerprint density at radius 2 is 1.84 bits per heavy atom. The van der Waals surface area contributed by atoms with E-state index in [4.69, 9.17) is 39.5 Å². The van der Waals surface area contributed by atoms with E-state index in [-0.39, 0.29) is 20.6 Å². The summed E-state index contributed by atoms with van der Waals surface area (Å²) in [5.74, 6) is -1.19. The average Bonchev–Trinajstić information content (AvgIpc) is 2.34. The predicted molar refractivity (Wildman–Crippen MR) is 75.0 cm³/mol. The van der Waals surface area contributed by atoms with Crippen molar-refractivity contribution < 1.29 is 14.3 Å². The minimum Gasteiger partial charge on any atom is -0.449 e. The van der Waals surface area contributed by atoms with E-state index in [9.17, 15) is 9.59 Å². The Morgan fingerprint density at radius 3 is 2.42 bits per heavy atom. The fourth-order valence-corrected chi connectivity index (χ4v) is 1.99. The van der Waals surface area contributed by atoms with E-state index < -0.39 is 18.0 Å². The zero-order chi connectivity index (χ0) is 14.6. The van der Waals surface area contributed by atoms with Crippen molar-refractivity contribution in [2.45, 2.75) is 20.0 Å². The number of carbonyl (C=O) groups is 2. The summed E-state index contributed by atoms with van der Waals surface area (Å²) in [6.45, 7) is 3.66. The number of rotatable bonds is 4. The molecule has 1 N–H and O–H groups in total. The number of likely N-dealkylation sites (N-methyl/N-ethyl adjacent to an activating group) is 1. The normalized spacial score (nSPS) is 11.8. The van der Waals surface area contributed by atoms with Gasteiger partial charge in [0.2, 0.25) is 0 Å². The maximum absolute atomic E-state index is 11.9. The Balaban J connectivity index is 2.90. The minimum absolute atomic E-state index is 0.00210. The van der Waals surface area contributed by atoms with E-state index in [0.29, 0.717) is 6.54 Å². The molecule has 0 radical (unpaired) electrons. The lowest BCUT2D eigenvalue weighted by Crippen LogP contribution is -2.35. The van der Waals surface area contributed by atoms with Crippen molar-refractivity contribution in [3.8, 4) is 0 Å². The molecule has 1 atom stereocenters. The van der Waals surface area contributed by atoms with E-state index >= 15 is 0 Å². The maximum atomic E-state index is 11.9. The first-order chi connectivity index (χ1) is 8.88. The van der Waals surface area contributed by atoms with Gasteiger partial charge in [-0.25, -0.2) is 4.79 Å². The Morgan fingerprint density at radius 1 is 1.26 bits per heavy atom. The highest BCUT2D eigenvalue weighted by molar-refractivity contribution is 6.46. The summed E-state index contributed by atoms with van der Waals surface area (Å²) in [7, 11) is 0. The molecule has 7 heteroatoms. The standard InChI is InChI=1S/C12H12Cl3NO3/c1-3-16-11(17)6(2)19-12(18)9-7(13)4-5-8(14)10(9)15/h4-6H,3H2,1-2H3,(H,16,17)/t6-/m0/s1. The number of esters is 1. The number of amides is 1. The minimum atomic E-state index is -0.946. The van der Waals surface area contributed by atoms with E-state index in [1.165, 1.54) is 19.1 Å². The monoisotopic (exact) mass is 323 g/mol. The van der Waals surface area contributed by atoms with E-state index in [1.807, 2.05) is 0 Å². The van der Waals surface area contributed by atoms with Gasteiger partial charge in [0.1, 0.15) is 0 Å². The second-order valence-corrected chi connectivity index (χ2v) is 4.85. The molecule has 0 spiro atoms. The van der Waals surface area contributed by atoms with Gasteiger partial charge in [0.05, 0.1) is 20.6 Å². The highest BCUT2D eigenvalue weighted by Gasteiger charge is 2.23. The molecule has 1 amide bonds. The molecule has 0 heterocycles. The number of hydrogen-bond acceptors (Lipinski definition) is 3. The Kier molecular flexibility index (Phi) is 5.91. The van der Waals surface area contributed by atoms with Crippen molar-refractivity contribution in [1.29, 1.82) is 0 Å².